The second kappa shape index (κ2) is 10.0. The molecule has 0 aliphatic heterocycles. The van der Waals surface area contributed by atoms with Gasteiger partial charge in [0.25, 0.3) is 5.91 Å². The van der Waals surface area contributed by atoms with Gasteiger partial charge in [-0.3, -0.25) is 14.9 Å². The molecule has 0 radical (unpaired) electrons. The summed E-state index contributed by atoms with van der Waals surface area (Å²) < 4.78 is 10.7. The molecule has 30 heavy (non-hydrogen) atoms. The zero-order valence-electron chi connectivity index (χ0n) is 17.2. The van der Waals surface area contributed by atoms with E-state index >= 15 is 0 Å². The van der Waals surface area contributed by atoms with Crippen LogP contribution in [0.5, 0.6) is 5.75 Å². The number of carbonyl (C=O) groups is 2. The van der Waals surface area contributed by atoms with Gasteiger partial charge in [-0.1, -0.05) is 42.5 Å². The number of nitrogens with one attached hydrogen (secondary N) is 1. The number of ether oxygens (including phenoxy) is 2. The largest absolute Gasteiger partial charge is 0.483 e. The van der Waals surface area contributed by atoms with Crippen LogP contribution in [0.25, 0.3) is 11.3 Å². The number of rotatable bonds is 8. The number of esters is 1. The lowest BCUT2D eigenvalue weighted by atomic mass is 10.1. The highest BCUT2D eigenvalue weighted by atomic mass is 32.1. The number of amides is 1. The number of aryl methyl sites for hydroxylation is 2. The molecule has 1 heterocycles. The average Bonchev–Trinajstić information content (AvgIpc) is 3.11. The van der Waals surface area contributed by atoms with E-state index in [1.165, 1.54) is 11.3 Å². The minimum Gasteiger partial charge on any atom is -0.483 e. The second-order valence-electron chi connectivity index (χ2n) is 6.74. The van der Waals surface area contributed by atoms with Gasteiger partial charge in [0.05, 0.1) is 18.7 Å². The summed E-state index contributed by atoms with van der Waals surface area (Å²) >= 11 is 1.26. The first kappa shape index (κ1) is 21.5. The predicted octanol–water partition coefficient (Wildman–Crippen LogP) is 4.55. The van der Waals surface area contributed by atoms with Crippen LogP contribution in [0.2, 0.25) is 0 Å². The third kappa shape index (κ3) is 5.67. The van der Waals surface area contributed by atoms with Crippen molar-refractivity contribution in [3.8, 4) is 17.0 Å². The predicted molar refractivity (Wildman–Crippen MR) is 118 cm³/mol. The van der Waals surface area contributed by atoms with Crippen molar-refractivity contribution in [3.05, 3.63) is 64.5 Å². The molecule has 1 amide bonds. The number of hydrogen-bond acceptors (Lipinski definition) is 6. The Balaban J connectivity index is 1.73. The van der Waals surface area contributed by atoms with E-state index in [2.05, 4.69) is 10.3 Å². The Labute approximate surface area is 179 Å². The van der Waals surface area contributed by atoms with Crippen molar-refractivity contribution < 1.29 is 19.1 Å². The Hall–Kier alpha value is -3.19. The van der Waals surface area contributed by atoms with Crippen molar-refractivity contribution in [2.75, 3.05) is 18.5 Å². The van der Waals surface area contributed by atoms with Crippen LogP contribution in [0, 0.1) is 13.8 Å². The summed E-state index contributed by atoms with van der Waals surface area (Å²) in [5, 5.41) is 3.19. The highest BCUT2D eigenvalue weighted by Crippen LogP contribution is 2.32. The van der Waals surface area contributed by atoms with E-state index in [9.17, 15) is 9.59 Å². The van der Waals surface area contributed by atoms with E-state index in [0.717, 1.165) is 21.6 Å². The van der Waals surface area contributed by atoms with Gasteiger partial charge < -0.3 is 9.47 Å². The van der Waals surface area contributed by atoms with Crippen molar-refractivity contribution in [1.29, 1.82) is 0 Å². The van der Waals surface area contributed by atoms with Crippen molar-refractivity contribution in [2.24, 2.45) is 0 Å². The lowest BCUT2D eigenvalue weighted by Gasteiger charge is -2.09. The fourth-order valence-electron chi connectivity index (χ4n) is 2.85. The fraction of sp³-hybridized carbons (Fsp3) is 0.261. The van der Waals surface area contributed by atoms with Crippen molar-refractivity contribution in [1.82, 2.24) is 4.98 Å². The Morgan fingerprint density at radius 1 is 1.10 bits per heavy atom. The maximum Gasteiger partial charge on any atom is 0.311 e. The van der Waals surface area contributed by atoms with Crippen molar-refractivity contribution >= 4 is 28.3 Å². The Morgan fingerprint density at radius 3 is 2.60 bits per heavy atom. The zero-order valence-corrected chi connectivity index (χ0v) is 18.0. The summed E-state index contributed by atoms with van der Waals surface area (Å²) in [6.45, 7) is 5.86. The topological polar surface area (TPSA) is 77.5 Å². The molecular weight excluding hydrogens is 400 g/mol. The summed E-state index contributed by atoms with van der Waals surface area (Å²) in [4.78, 5) is 29.7. The number of carbonyl (C=O) groups excluding carboxylic acids is 2. The van der Waals surface area contributed by atoms with Crippen LogP contribution in [-0.4, -0.2) is 30.1 Å². The van der Waals surface area contributed by atoms with Gasteiger partial charge >= 0.3 is 5.97 Å². The number of aromatic nitrogens is 1. The van der Waals surface area contributed by atoms with Gasteiger partial charge in [0.15, 0.2) is 11.7 Å². The van der Waals surface area contributed by atoms with Crippen LogP contribution in [0.3, 0.4) is 0 Å². The lowest BCUT2D eigenvalue weighted by molar-refractivity contribution is -0.142. The molecule has 0 fully saturated rings. The molecule has 0 bridgehead atoms. The number of thiazole rings is 1. The van der Waals surface area contributed by atoms with E-state index in [1.54, 1.807) is 6.92 Å². The first-order valence-corrected chi connectivity index (χ1v) is 10.5. The Bertz CT molecular complexity index is 1030. The fourth-order valence-corrected chi connectivity index (χ4v) is 3.84. The summed E-state index contributed by atoms with van der Waals surface area (Å²) in [6.07, 6.45) is 0.102. The molecule has 0 aliphatic rings. The SMILES string of the molecule is CCOC(=O)Cc1sc(NC(=O)COc2cc(C)ccc2C)nc1-c1ccccc1. The van der Waals surface area contributed by atoms with E-state index in [0.29, 0.717) is 23.2 Å². The molecule has 0 spiro atoms. The first-order chi connectivity index (χ1) is 14.5. The van der Waals surface area contributed by atoms with E-state index < -0.39 is 0 Å². The minimum atomic E-state index is -0.325. The van der Waals surface area contributed by atoms with Gasteiger partial charge in [-0.2, -0.15) is 0 Å². The van der Waals surface area contributed by atoms with Gasteiger partial charge in [0.1, 0.15) is 5.75 Å². The number of benzene rings is 2. The van der Waals surface area contributed by atoms with Crippen LogP contribution >= 0.6 is 11.3 Å². The monoisotopic (exact) mass is 424 g/mol. The second-order valence-corrected chi connectivity index (χ2v) is 7.83. The molecule has 7 heteroatoms. The molecular formula is C23H24N2O4S. The summed E-state index contributed by atoms with van der Waals surface area (Å²) in [5.41, 5.74) is 3.57. The van der Waals surface area contributed by atoms with Gasteiger partial charge in [-0.15, -0.1) is 11.3 Å². The third-order valence-electron chi connectivity index (χ3n) is 4.30. The van der Waals surface area contributed by atoms with E-state index in [4.69, 9.17) is 9.47 Å². The van der Waals surface area contributed by atoms with Crippen LogP contribution in [0.1, 0.15) is 22.9 Å². The standard InChI is InChI=1S/C23H24N2O4S/c1-4-28-21(27)13-19-22(17-8-6-5-7-9-17)25-23(30-19)24-20(26)14-29-18-12-15(2)10-11-16(18)3/h5-12H,4,13-14H2,1-3H3,(H,24,25,26). The molecule has 0 atom stereocenters. The van der Waals surface area contributed by atoms with Crippen LogP contribution in [-0.2, 0) is 20.7 Å². The highest BCUT2D eigenvalue weighted by Gasteiger charge is 2.18. The van der Waals surface area contributed by atoms with Crippen molar-refractivity contribution in [2.45, 2.75) is 27.2 Å². The molecule has 6 nitrogen and oxygen atoms in total. The molecule has 3 aromatic rings. The maximum atomic E-state index is 12.4. The molecule has 1 aromatic heterocycles. The van der Waals surface area contributed by atoms with Gasteiger partial charge in [0, 0.05) is 10.4 Å². The molecule has 0 saturated heterocycles. The van der Waals surface area contributed by atoms with Gasteiger partial charge in [-0.05, 0) is 38.0 Å². The summed E-state index contributed by atoms with van der Waals surface area (Å²) in [5.74, 6) is 0.0404. The van der Waals surface area contributed by atoms with Gasteiger partial charge in [-0.25, -0.2) is 4.98 Å². The number of anilines is 1. The molecule has 3 rings (SSSR count). The summed E-state index contributed by atoms with van der Waals surface area (Å²) in [7, 11) is 0. The molecule has 0 saturated carbocycles. The molecule has 156 valence electrons. The molecule has 0 unspecified atom stereocenters. The smallest absolute Gasteiger partial charge is 0.311 e. The molecule has 0 aliphatic carbocycles. The summed E-state index contributed by atoms with van der Waals surface area (Å²) in [6, 6.07) is 15.4. The maximum absolute atomic E-state index is 12.4. The van der Waals surface area contributed by atoms with Gasteiger partial charge in [0.2, 0.25) is 0 Å². The van der Waals surface area contributed by atoms with Crippen LogP contribution in [0.4, 0.5) is 5.13 Å². The van der Waals surface area contributed by atoms with Crippen molar-refractivity contribution in [3.63, 3.8) is 0 Å². The quantitative estimate of drug-likeness (QED) is 0.537. The average molecular weight is 425 g/mol. The zero-order chi connectivity index (χ0) is 21.5. The third-order valence-corrected chi connectivity index (χ3v) is 5.27. The van der Waals surface area contributed by atoms with Crippen LogP contribution in [0.15, 0.2) is 48.5 Å². The first-order valence-electron chi connectivity index (χ1n) is 9.67. The lowest BCUT2D eigenvalue weighted by Crippen LogP contribution is -2.20. The van der Waals surface area contributed by atoms with E-state index in [-0.39, 0.29) is 24.9 Å². The van der Waals surface area contributed by atoms with E-state index in [1.807, 2.05) is 62.4 Å². The van der Waals surface area contributed by atoms with Crippen LogP contribution < -0.4 is 10.1 Å². The Kier molecular flexibility index (Phi) is 7.19. The minimum absolute atomic E-state index is 0.102. The normalized spacial score (nSPS) is 10.5. The number of nitrogens with zero attached hydrogens (tertiary/aromatic N) is 1. The molecule has 1 N–H and O–H groups in total. The molecule has 2 aromatic carbocycles. The highest BCUT2D eigenvalue weighted by molar-refractivity contribution is 7.16. The Morgan fingerprint density at radius 2 is 1.87 bits per heavy atom. The number of hydrogen-bond donors (Lipinski definition) is 1.